The van der Waals surface area contributed by atoms with Crippen molar-refractivity contribution in [1.29, 1.82) is 0 Å². The molecule has 0 amide bonds. The van der Waals surface area contributed by atoms with Crippen molar-refractivity contribution in [2.24, 2.45) is 0 Å². The topological polar surface area (TPSA) is 55.8 Å². The number of alkyl halides is 3. The smallest absolute Gasteiger partial charge is 0.430 e. The lowest BCUT2D eigenvalue weighted by Gasteiger charge is -2.28. The first-order valence-corrected chi connectivity index (χ1v) is 6.16. The first-order valence-electron chi connectivity index (χ1n) is 5.41. The Balaban J connectivity index is 2.66. The van der Waals surface area contributed by atoms with Crippen LogP contribution in [0.2, 0.25) is 10.0 Å². The summed E-state index contributed by atoms with van der Waals surface area (Å²) in [5.41, 5.74) is -0.908. The molecule has 1 N–H and O–H groups in total. The van der Waals surface area contributed by atoms with Crippen molar-refractivity contribution in [1.82, 2.24) is 0 Å². The lowest BCUT2D eigenvalue weighted by molar-refractivity contribution is -0.187. The van der Waals surface area contributed by atoms with E-state index in [0.29, 0.717) is 0 Å². The number of hydrogen-bond donors (Lipinski definition) is 1. The summed E-state index contributed by atoms with van der Waals surface area (Å²) in [7, 11) is 1.29. The van der Waals surface area contributed by atoms with E-state index in [1.54, 1.807) is 0 Å². The lowest BCUT2D eigenvalue weighted by Crippen LogP contribution is -2.40. The predicted octanol–water partition coefficient (Wildman–Crippen LogP) is 3.79. The zero-order valence-electron chi connectivity index (χ0n) is 10.3. The maximum Gasteiger partial charge on any atom is 0.430 e. The van der Waals surface area contributed by atoms with E-state index in [1.807, 2.05) is 0 Å². The maximum atomic E-state index is 12.9. The maximum absolute atomic E-state index is 12.9. The van der Waals surface area contributed by atoms with Gasteiger partial charge in [-0.1, -0.05) is 23.2 Å². The van der Waals surface area contributed by atoms with Crippen molar-refractivity contribution in [3.8, 4) is 11.5 Å². The van der Waals surface area contributed by atoms with Gasteiger partial charge in [-0.05, 0) is 12.1 Å². The Morgan fingerprint density at radius 1 is 1.38 bits per heavy atom. The minimum Gasteiger partial charge on any atom is -0.495 e. The molecule has 2 rings (SSSR count). The highest BCUT2D eigenvalue weighted by Gasteiger charge is 2.49. The standard InChI is InChI=1S/C12H7Cl2F3O4/c1-20-6-3-4-2-5(11(18)19)10(12(15,16)17)21-9(4)8(14)7(6)13/h2-3,10H,1H3,(H,18,19). The van der Waals surface area contributed by atoms with Crippen LogP contribution in [-0.2, 0) is 4.79 Å². The average molecular weight is 343 g/mol. The molecule has 0 bridgehead atoms. The van der Waals surface area contributed by atoms with Gasteiger partial charge in [0.2, 0.25) is 6.10 Å². The van der Waals surface area contributed by atoms with Crippen LogP contribution in [-0.4, -0.2) is 30.5 Å². The third-order valence-electron chi connectivity index (χ3n) is 2.75. The quantitative estimate of drug-likeness (QED) is 0.888. The third kappa shape index (κ3) is 2.75. The first-order chi connectivity index (χ1) is 9.66. The van der Waals surface area contributed by atoms with E-state index in [4.69, 9.17) is 37.8 Å². The second-order valence-corrected chi connectivity index (χ2v) is 4.83. The van der Waals surface area contributed by atoms with Crippen LogP contribution in [0.25, 0.3) is 6.08 Å². The number of carboxylic acids is 1. The molecule has 9 heteroatoms. The fraction of sp³-hybridized carbons (Fsp3) is 0.250. The Hall–Kier alpha value is -1.60. The van der Waals surface area contributed by atoms with Gasteiger partial charge in [-0.3, -0.25) is 0 Å². The van der Waals surface area contributed by atoms with Crippen LogP contribution in [0.3, 0.4) is 0 Å². The van der Waals surface area contributed by atoms with Crippen LogP contribution in [0.15, 0.2) is 11.6 Å². The highest BCUT2D eigenvalue weighted by atomic mass is 35.5. The Kier molecular flexibility index (Phi) is 3.99. The van der Waals surface area contributed by atoms with Gasteiger partial charge in [0.15, 0.2) is 0 Å². The Morgan fingerprint density at radius 2 is 2.00 bits per heavy atom. The van der Waals surface area contributed by atoms with Crippen molar-refractivity contribution >= 4 is 35.2 Å². The molecule has 0 radical (unpaired) electrons. The number of aliphatic carboxylic acids is 1. The minimum atomic E-state index is -4.91. The van der Waals surface area contributed by atoms with E-state index < -0.39 is 23.8 Å². The van der Waals surface area contributed by atoms with E-state index in [2.05, 4.69) is 0 Å². The fourth-order valence-corrected chi connectivity index (χ4v) is 2.29. The molecule has 1 aromatic carbocycles. The summed E-state index contributed by atoms with van der Waals surface area (Å²) in [6.45, 7) is 0. The number of halogens is 5. The minimum absolute atomic E-state index is 0.0409. The fourth-order valence-electron chi connectivity index (χ4n) is 1.82. The van der Waals surface area contributed by atoms with E-state index >= 15 is 0 Å². The second kappa shape index (κ2) is 5.31. The van der Waals surface area contributed by atoms with Gasteiger partial charge in [0.25, 0.3) is 0 Å². The van der Waals surface area contributed by atoms with Gasteiger partial charge < -0.3 is 14.6 Å². The monoisotopic (exact) mass is 342 g/mol. The van der Waals surface area contributed by atoms with Crippen LogP contribution in [0.5, 0.6) is 11.5 Å². The molecule has 0 spiro atoms. The van der Waals surface area contributed by atoms with Crippen LogP contribution >= 0.6 is 23.2 Å². The normalized spacial score (nSPS) is 17.6. The molecule has 1 heterocycles. The molecule has 1 unspecified atom stereocenters. The van der Waals surface area contributed by atoms with Crippen LogP contribution in [0, 0.1) is 0 Å². The highest BCUT2D eigenvalue weighted by molar-refractivity contribution is 6.44. The highest BCUT2D eigenvalue weighted by Crippen LogP contribution is 2.47. The van der Waals surface area contributed by atoms with Gasteiger partial charge in [-0.25, -0.2) is 4.79 Å². The summed E-state index contributed by atoms with van der Waals surface area (Å²) in [6, 6.07) is 1.25. The molecule has 1 aromatic rings. The van der Waals surface area contributed by atoms with Crippen molar-refractivity contribution in [2.45, 2.75) is 12.3 Å². The number of rotatable bonds is 2. The van der Waals surface area contributed by atoms with Crippen LogP contribution in [0.4, 0.5) is 13.2 Å². The van der Waals surface area contributed by atoms with Crippen LogP contribution in [0.1, 0.15) is 5.56 Å². The molecule has 0 fully saturated rings. The number of ether oxygens (including phenoxy) is 2. The molecule has 1 aliphatic rings. The van der Waals surface area contributed by atoms with Crippen molar-refractivity contribution in [2.75, 3.05) is 7.11 Å². The number of hydrogen-bond acceptors (Lipinski definition) is 3. The summed E-state index contributed by atoms with van der Waals surface area (Å²) in [6.07, 6.45) is -6.69. The van der Waals surface area contributed by atoms with Gasteiger partial charge >= 0.3 is 12.1 Å². The average Bonchev–Trinajstić information content (AvgIpc) is 2.40. The Labute approximate surface area is 126 Å². The third-order valence-corrected chi connectivity index (χ3v) is 3.58. The Bertz CT molecular complexity index is 640. The van der Waals surface area contributed by atoms with Crippen molar-refractivity contribution in [3.05, 3.63) is 27.2 Å². The van der Waals surface area contributed by atoms with Gasteiger partial charge in [0.1, 0.15) is 21.5 Å². The van der Waals surface area contributed by atoms with E-state index in [9.17, 15) is 18.0 Å². The lowest BCUT2D eigenvalue weighted by atomic mass is 10.0. The summed E-state index contributed by atoms with van der Waals surface area (Å²) < 4.78 is 48.3. The van der Waals surface area contributed by atoms with Gasteiger partial charge in [-0.15, -0.1) is 0 Å². The molecule has 0 saturated heterocycles. The molecular weight excluding hydrogens is 336 g/mol. The number of benzene rings is 1. The van der Waals surface area contributed by atoms with E-state index in [1.165, 1.54) is 13.2 Å². The van der Waals surface area contributed by atoms with E-state index in [-0.39, 0.29) is 27.1 Å². The number of methoxy groups -OCH3 is 1. The SMILES string of the molecule is COc1cc2c(c(Cl)c1Cl)OC(C(F)(F)F)C(C(=O)O)=C2. The van der Waals surface area contributed by atoms with Crippen molar-refractivity contribution < 1.29 is 32.5 Å². The number of carbonyl (C=O) groups is 1. The number of carboxylic acid groups (broad SMARTS) is 1. The zero-order valence-corrected chi connectivity index (χ0v) is 11.8. The van der Waals surface area contributed by atoms with Gasteiger partial charge in [0.05, 0.1) is 12.7 Å². The first kappa shape index (κ1) is 15.8. The molecular formula is C12H7Cl2F3O4. The summed E-state index contributed by atoms with van der Waals surface area (Å²) >= 11 is 11.7. The molecule has 21 heavy (non-hydrogen) atoms. The van der Waals surface area contributed by atoms with Crippen LogP contribution < -0.4 is 9.47 Å². The van der Waals surface area contributed by atoms with Crippen molar-refractivity contribution in [3.63, 3.8) is 0 Å². The second-order valence-electron chi connectivity index (χ2n) is 4.07. The molecule has 0 saturated carbocycles. The number of fused-ring (bicyclic) bond motifs is 1. The molecule has 0 aliphatic carbocycles. The zero-order chi connectivity index (χ0) is 15.9. The van der Waals surface area contributed by atoms with Gasteiger partial charge in [-0.2, -0.15) is 13.2 Å². The summed E-state index contributed by atoms with van der Waals surface area (Å²) in [5.74, 6) is -1.99. The summed E-state index contributed by atoms with van der Waals surface area (Å²) in [5, 5.41) is 8.51. The van der Waals surface area contributed by atoms with Gasteiger partial charge in [0, 0.05) is 5.56 Å². The molecule has 1 aliphatic heterocycles. The molecule has 4 nitrogen and oxygen atoms in total. The predicted molar refractivity (Wildman–Crippen MR) is 69.1 cm³/mol. The molecule has 1 atom stereocenters. The molecule has 114 valence electrons. The Morgan fingerprint density at radius 3 is 2.48 bits per heavy atom. The summed E-state index contributed by atoms with van der Waals surface area (Å²) in [4.78, 5) is 11.0. The largest absolute Gasteiger partial charge is 0.495 e. The molecule has 0 aromatic heterocycles. The van der Waals surface area contributed by atoms with E-state index in [0.717, 1.165) is 6.08 Å².